The van der Waals surface area contributed by atoms with Gasteiger partial charge in [-0.15, -0.1) is 0 Å². The highest BCUT2D eigenvalue weighted by Crippen LogP contribution is 2.31. The molecule has 0 bridgehead atoms. The molecule has 1 aliphatic rings. The fraction of sp³-hybridized carbons (Fsp3) is 0.533. The number of benzene rings is 1. The van der Waals surface area contributed by atoms with Crippen molar-refractivity contribution < 1.29 is 19.0 Å². The number of ether oxygens (including phenoxy) is 3. The van der Waals surface area contributed by atoms with Crippen LogP contribution < -0.4 is 9.47 Å². The van der Waals surface area contributed by atoms with E-state index in [1.54, 1.807) is 32.4 Å². The predicted molar refractivity (Wildman–Crippen MR) is 72.1 cm³/mol. The lowest BCUT2D eigenvalue weighted by atomic mass is 9.87. The number of ketones is 1. The molecule has 1 aliphatic heterocycles. The summed E-state index contributed by atoms with van der Waals surface area (Å²) in [6.07, 6.45) is 2.79. The van der Waals surface area contributed by atoms with Crippen LogP contribution in [0.5, 0.6) is 11.5 Å². The number of hydrogen-bond donors (Lipinski definition) is 0. The van der Waals surface area contributed by atoms with Crippen LogP contribution in [-0.4, -0.2) is 32.2 Å². The van der Waals surface area contributed by atoms with Gasteiger partial charge in [-0.3, -0.25) is 4.79 Å². The van der Waals surface area contributed by atoms with Crippen molar-refractivity contribution in [3.8, 4) is 11.5 Å². The zero-order valence-electron chi connectivity index (χ0n) is 11.7. The Balaban J connectivity index is 2.32. The maximum absolute atomic E-state index is 12.6. The largest absolute Gasteiger partial charge is 0.497 e. The fourth-order valence-electron chi connectivity index (χ4n) is 2.36. The van der Waals surface area contributed by atoms with Gasteiger partial charge in [-0.25, -0.2) is 0 Å². The zero-order chi connectivity index (χ0) is 13.9. The normalized spacial score (nSPS) is 22.9. The van der Waals surface area contributed by atoms with Crippen LogP contribution in [0.4, 0.5) is 0 Å². The Labute approximate surface area is 113 Å². The highest BCUT2D eigenvalue weighted by atomic mass is 16.5. The van der Waals surface area contributed by atoms with Crippen molar-refractivity contribution >= 4 is 5.78 Å². The lowest BCUT2D eigenvalue weighted by Crippen LogP contribution is -2.41. The molecule has 0 aromatic heterocycles. The molecule has 1 saturated heterocycles. The molecule has 1 aromatic carbocycles. The second-order valence-corrected chi connectivity index (χ2v) is 4.97. The standard InChI is InChI=1S/C15H20O4/c1-15(6-4-5-7-19-15)14(16)11-8-12(17-2)10-13(9-11)18-3/h8-10H,4-7H2,1-3H3. The van der Waals surface area contributed by atoms with E-state index in [-0.39, 0.29) is 5.78 Å². The second kappa shape index (κ2) is 5.61. The molecule has 2 rings (SSSR count). The number of carbonyl (C=O) groups excluding carboxylic acids is 1. The van der Waals surface area contributed by atoms with E-state index in [2.05, 4.69) is 0 Å². The highest BCUT2D eigenvalue weighted by Gasteiger charge is 2.36. The monoisotopic (exact) mass is 264 g/mol. The zero-order valence-corrected chi connectivity index (χ0v) is 11.7. The molecule has 0 N–H and O–H groups in total. The average Bonchev–Trinajstić information content (AvgIpc) is 2.46. The van der Waals surface area contributed by atoms with Crippen LogP contribution in [0.1, 0.15) is 36.5 Å². The van der Waals surface area contributed by atoms with Crippen molar-refractivity contribution in [1.29, 1.82) is 0 Å². The smallest absolute Gasteiger partial charge is 0.194 e. The molecule has 0 radical (unpaired) electrons. The van der Waals surface area contributed by atoms with Crippen LogP contribution in [0.3, 0.4) is 0 Å². The van der Waals surface area contributed by atoms with Crippen LogP contribution in [0.25, 0.3) is 0 Å². The van der Waals surface area contributed by atoms with Crippen LogP contribution in [0.2, 0.25) is 0 Å². The van der Waals surface area contributed by atoms with Gasteiger partial charge in [0.25, 0.3) is 0 Å². The van der Waals surface area contributed by atoms with Crippen LogP contribution in [0, 0.1) is 0 Å². The summed E-state index contributed by atoms with van der Waals surface area (Å²) in [6.45, 7) is 2.50. The van der Waals surface area contributed by atoms with Gasteiger partial charge in [0.15, 0.2) is 5.78 Å². The molecule has 0 aliphatic carbocycles. The van der Waals surface area contributed by atoms with Gasteiger partial charge < -0.3 is 14.2 Å². The first-order valence-electron chi connectivity index (χ1n) is 6.51. The summed E-state index contributed by atoms with van der Waals surface area (Å²) in [5, 5.41) is 0. The Kier molecular flexibility index (Phi) is 4.10. The summed E-state index contributed by atoms with van der Waals surface area (Å²) in [5.41, 5.74) is -0.157. The van der Waals surface area contributed by atoms with Gasteiger partial charge in [-0.2, -0.15) is 0 Å². The van der Waals surface area contributed by atoms with Crippen LogP contribution >= 0.6 is 0 Å². The maximum Gasteiger partial charge on any atom is 0.194 e. The number of Topliss-reactive ketones (excluding diaryl/α,β-unsaturated/α-hetero) is 1. The Morgan fingerprint density at radius 3 is 2.26 bits per heavy atom. The molecule has 4 heteroatoms. The van der Waals surface area contributed by atoms with Gasteiger partial charge in [-0.05, 0) is 38.3 Å². The number of rotatable bonds is 4. The van der Waals surface area contributed by atoms with Gasteiger partial charge in [-0.1, -0.05) is 0 Å². The summed E-state index contributed by atoms with van der Waals surface area (Å²) in [5.74, 6) is 1.22. The van der Waals surface area contributed by atoms with Gasteiger partial charge in [0, 0.05) is 18.2 Å². The highest BCUT2D eigenvalue weighted by molar-refractivity contribution is 6.03. The number of hydrogen-bond acceptors (Lipinski definition) is 4. The summed E-state index contributed by atoms with van der Waals surface area (Å²) in [7, 11) is 3.14. The van der Waals surface area contributed by atoms with Crippen molar-refractivity contribution in [3.63, 3.8) is 0 Å². The van der Waals surface area contributed by atoms with Crippen molar-refractivity contribution in [2.24, 2.45) is 0 Å². The summed E-state index contributed by atoms with van der Waals surface area (Å²) >= 11 is 0. The molecule has 1 aromatic rings. The molecular weight excluding hydrogens is 244 g/mol. The summed E-state index contributed by atoms with van der Waals surface area (Å²) in [4.78, 5) is 12.6. The number of carbonyl (C=O) groups is 1. The molecule has 19 heavy (non-hydrogen) atoms. The van der Waals surface area contributed by atoms with Crippen molar-refractivity contribution in [3.05, 3.63) is 23.8 Å². The molecular formula is C15H20O4. The molecule has 1 unspecified atom stereocenters. The summed E-state index contributed by atoms with van der Waals surface area (Å²) < 4.78 is 16.1. The Hall–Kier alpha value is -1.55. The molecule has 4 nitrogen and oxygen atoms in total. The second-order valence-electron chi connectivity index (χ2n) is 4.97. The van der Waals surface area contributed by atoms with Gasteiger partial charge >= 0.3 is 0 Å². The molecule has 1 fully saturated rings. The predicted octanol–water partition coefficient (Wildman–Crippen LogP) is 2.85. The van der Waals surface area contributed by atoms with Gasteiger partial charge in [0.2, 0.25) is 0 Å². The topological polar surface area (TPSA) is 44.8 Å². The van der Waals surface area contributed by atoms with Crippen molar-refractivity contribution in [1.82, 2.24) is 0 Å². The van der Waals surface area contributed by atoms with E-state index in [1.807, 2.05) is 6.92 Å². The van der Waals surface area contributed by atoms with E-state index in [1.165, 1.54) is 0 Å². The quantitative estimate of drug-likeness (QED) is 0.784. The van der Waals surface area contributed by atoms with E-state index in [0.29, 0.717) is 23.7 Å². The molecule has 1 heterocycles. The Morgan fingerprint density at radius 1 is 1.16 bits per heavy atom. The van der Waals surface area contributed by atoms with E-state index in [4.69, 9.17) is 14.2 Å². The van der Waals surface area contributed by atoms with E-state index in [0.717, 1.165) is 19.3 Å². The lowest BCUT2D eigenvalue weighted by molar-refractivity contribution is -0.0426. The third kappa shape index (κ3) is 2.89. The molecule has 1 atom stereocenters. The van der Waals surface area contributed by atoms with Crippen molar-refractivity contribution in [2.75, 3.05) is 20.8 Å². The van der Waals surface area contributed by atoms with E-state index in [9.17, 15) is 4.79 Å². The third-order valence-electron chi connectivity index (χ3n) is 3.56. The minimum Gasteiger partial charge on any atom is -0.497 e. The molecule has 104 valence electrons. The Bertz CT molecular complexity index is 439. The van der Waals surface area contributed by atoms with Crippen LogP contribution in [0.15, 0.2) is 18.2 Å². The van der Waals surface area contributed by atoms with Gasteiger partial charge in [0.1, 0.15) is 17.1 Å². The van der Waals surface area contributed by atoms with E-state index >= 15 is 0 Å². The Morgan fingerprint density at radius 2 is 1.79 bits per heavy atom. The first-order valence-corrected chi connectivity index (χ1v) is 6.51. The minimum atomic E-state index is -0.727. The first-order chi connectivity index (χ1) is 9.09. The molecule has 0 saturated carbocycles. The fourth-order valence-corrected chi connectivity index (χ4v) is 2.36. The third-order valence-corrected chi connectivity index (χ3v) is 3.56. The van der Waals surface area contributed by atoms with E-state index < -0.39 is 5.60 Å². The van der Waals surface area contributed by atoms with Crippen molar-refractivity contribution in [2.45, 2.75) is 31.8 Å². The molecule has 0 amide bonds. The first kappa shape index (κ1) is 13.9. The minimum absolute atomic E-state index is 0.00981. The maximum atomic E-state index is 12.6. The lowest BCUT2D eigenvalue weighted by Gasteiger charge is -2.32. The van der Waals surface area contributed by atoms with Gasteiger partial charge in [0.05, 0.1) is 14.2 Å². The SMILES string of the molecule is COc1cc(OC)cc(C(=O)C2(C)CCCCO2)c1. The average molecular weight is 264 g/mol. The number of methoxy groups -OCH3 is 2. The summed E-state index contributed by atoms with van der Waals surface area (Å²) in [6, 6.07) is 5.21. The van der Waals surface area contributed by atoms with Crippen LogP contribution in [-0.2, 0) is 4.74 Å². The molecule has 0 spiro atoms.